The zero-order valence-corrected chi connectivity index (χ0v) is 12.1. The summed E-state index contributed by atoms with van der Waals surface area (Å²) >= 11 is 0.905. The third kappa shape index (κ3) is 2.80. The van der Waals surface area contributed by atoms with E-state index in [1.165, 1.54) is 17.7 Å². The molecule has 5 nitrogen and oxygen atoms in total. The highest BCUT2D eigenvalue weighted by Crippen LogP contribution is 2.47. The number of hydrogen-bond acceptors (Lipinski definition) is 4. The van der Waals surface area contributed by atoms with Gasteiger partial charge in [0, 0.05) is 18.0 Å². The second-order valence-electron chi connectivity index (χ2n) is 5.22. The zero-order chi connectivity index (χ0) is 14.9. The third-order valence-electron chi connectivity index (χ3n) is 3.82. The molecule has 0 unspecified atom stereocenters. The second kappa shape index (κ2) is 5.29. The normalized spacial score (nSPS) is 15.4. The van der Waals surface area contributed by atoms with E-state index in [2.05, 4.69) is 17.4 Å². The van der Waals surface area contributed by atoms with Crippen LogP contribution >= 0.6 is 11.3 Å². The lowest BCUT2D eigenvalue weighted by Crippen LogP contribution is -2.31. The Hall–Kier alpha value is -2.21. The number of carbonyl (C=O) groups is 1. The molecule has 1 N–H and O–H groups in total. The molecular formula is C15H14N2O3S. The molecule has 0 aliphatic heterocycles. The standard InChI is InChI=1S/C15H14N2O3S/c18-14(12-6-7-13(21-12)17(19)20)16-10-15(8-9-15)11-4-2-1-3-5-11/h1-7H,8-10H2,(H,16,18). The highest BCUT2D eigenvalue weighted by Gasteiger charge is 2.44. The molecule has 1 fully saturated rings. The van der Waals surface area contributed by atoms with E-state index < -0.39 is 4.92 Å². The van der Waals surface area contributed by atoms with Crippen LogP contribution in [0.3, 0.4) is 0 Å². The van der Waals surface area contributed by atoms with E-state index in [0.29, 0.717) is 11.4 Å². The van der Waals surface area contributed by atoms with Gasteiger partial charge in [-0.05, 0) is 24.5 Å². The maximum Gasteiger partial charge on any atom is 0.324 e. The molecule has 0 saturated heterocycles. The predicted octanol–water partition coefficient (Wildman–Crippen LogP) is 3.12. The lowest BCUT2D eigenvalue weighted by molar-refractivity contribution is -0.380. The first-order valence-electron chi connectivity index (χ1n) is 6.69. The summed E-state index contributed by atoms with van der Waals surface area (Å²) in [5, 5.41) is 13.5. The van der Waals surface area contributed by atoms with Crippen molar-refractivity contribution in [2.75, 3.05) is 6.54 Å². The first-order chi connectivity index (χ1) is 10.1. The molecule has 3 rings (SSSR count). The van der Waals surface area contributed by atoms with Crippen molar-refractivity contribution in [3.63, 3.8) is 0 Å². The van der Waals surface area contributed by atoms with Gasteiger partial charge in [-0.15, -0.1) is 0 Å². The van der Waals surface area contributed by atoms with Crippen LogP contribution in [0.5, 0.6) is 0 Å². The van der Waals surface area contributed by atoms with Gasteiger partial charge in [0.15, 0.2) is 0 Å². The van der Waals surface area contributed by atoms with Crippen LogP contribution in [-0.4, -0.2) is 17.4 Å². The molecule has 1 aromatic heterocycles. The molecule has 108 valence electrons. The van der Waals surface area contributed by atoms with Crippen LogP contribution in [0.2, 0.25) is 0 Å². The number of nitrogens with zero attached hydrogens (tertiary/aromatic N) is 1. The van der Waals surface area contributed by atoms with E-state index in [-0.39, 0.29) is 16.3 Å². The summed E-state index contributed by atoms with van der Waals surface area (Å²) < 4.78 is 0. The number of hydrogen-bond donors (Lipinski definition) is 1. The Balaban J connectivity index is 1.65. The molecule has 6 heteroatoms. The van der Waals surface area contributed by atoms with Gasteiger partial charge in [-0.2, -0.15) is 0 Å². The van der Waals surface area contributed by atoms with Crippen molar-refractivity contribution < 1.29 is 9.72 Å². The fourth-order valence-electron chi connectivity index (χ4n) is 2.39. The average molecular weight is 302 g/mol. The number of rotatable bonds is 5. The average Bonchev–Trinajstić information content (AvgIpc) is 3.12. The smallest absolute Gasteiger partial charge is 0.324 e. The molecule has 2 aromatic rings. The van der Waals surface area contributed by atoms with Crippen molar-refractivity contribution in [1.82, 2.24) is 5.32 Å². The van der Waals surface area contributed by atoms with Crippen molar-refractivity contribution in [2.45, 2.75) is 18.3 Å². The molecular weight excluding hydrogens is 288 g/mol. The van der Waals surface area contributed by atoms with E-state index in [4.69, 9.17) is 0 Å². The predicted molar refractivity (Wildman–Crippen MR) is 80.7 cm³/mol. The quantitative estimate of drug-likeness (QED) is 0.681. The lowest BCUT2D eigenvalue weighted by atomic mass is 9.96. The Bertz CT molecular complexity index is 677. The minimum absolute atomic E-state index is 0.00987. The molecule has 0 radical (unpaired) electrons. The first-order valence-corrected chi connectivity index (χ1v) is 7.50. The van der Waals surface area contributed by atoms with Crippen LogP contribution in [0.4, 0.5) is 5.00 Å². The van der Waals surface area contributed by atoms with Gasteiger partial charge in [0.05, 0.1) is 9.80 Å². The van der Waals surface area contributed by atoms with Gasteiger partial charge in [-0.1, -0.05) is 41.7 Å². The molecule has 1 aliphatic carbocycles. The summed E-state index contributed by atoms with van der Waals surface area (Å²) in [4.78, 5) is 22.6. The second-order valence-corrected chi connectivity index (χ2v) is 6.29. The van der Waals surface area contributed by atoms with Crippen molar-refractivity contribution in [3.05, 3.63) is 63.0 Å². The molecule has 1 aliphatic rings. The van der Waals surface area contributed by atoms with Crippen LogP contribution in [0, 0.1) is 10.1 Å². The van der Waals surface area contributed by atoms with Crippen molar-refractivity contribution in [2.24, 2.45) is 0 Å². The van der Waals surface area contributed by atoms with Crippen molar-refractivity contribution in [3.8, 4) is 0 Å². The van der Waals surface area contributed by atoms with E-state index in [1.54, 1.807) is 0 Å². The molecule has 1 saturated carbocycles. The maximum absolute atomic E-state index is 12.1. The molecule has 1 heterocycles. The Kier molecular flexibility index (Phi) is 3.47. The van der Waals surface area contributed by atoms with Gasteiger partial charge >= 0.3 is 5.00 Å². The molecule has 1 aromatic carbocycles. The number of carbonyl (C=O) groups excluding carboxylic acids is 1. The van der Waals surface area contributed by atoms with E-state index in [0.717, 1.165) is 24.2 Å². The first kappa shape index (κ1) is 13.8. The third-order valence-corrected chi connectivity index (χ3v) is 4.86. The largest absolute Gasteiger partial charge is 0.350 e. The molecule has 1 amide bonds. The van der Waals surface area contributed by atoms with Gasteiger partial charge < -0.3 is 5.32 Å². The van der Waals surface area contributed by atoms with Gasteiger partial charge in [0.1, 0.15) is 0 Å². The summed E-state index contributed by atoms with van der Waals surface area (Å²) in [5.74, 6) is -0.240. The van der Waals surface area contributed by atoms with E-state index >= 15 is 0 Å². The number of thiophene rings is 1. The lowest BCUT2D eigenvalue weighted by Gasteiger charge is -2.16. The van der Waals surface area contributed by atoms with Crippen LogP contribution in [0.1, 0.15) is 28.1 Å². The number of nitro groups is 1. The number of benzene rings is 1. The SMILES string of the molecule is O=C(NCC1(c2ccccc2)CC1)c1ccc([N+](=O)[O-])s1. The molecule has 0 spiro atoms. The summed E-state index contributed by atoms with van der Waals surface area (Å²) in [6.45, 7) is 0.571. The van der Waals surface area contributed by atoms with Gasteiger partial charge in [0.2, 0.25) is 0 Å². The number of amides is 1. The fourth-order valence-corrected chi connectivity index (χ4v) is 3.13. The molecule has 21 heavy (non-hydrogen) atoms. The summed E-state index contributed by atoms with van der Waals surface area (Å²) in [6.07, 6.45) is 2.11. The van der Waals surface area contributed by atoms with Gasteiger partial charge in [-0.25, -0.2) is 0 Å². The number of nitrogens with one attached hydrogen (secondary N) is 1. The summed E-state index contributed by atoms with van der Waals surface area (Å²) in [7, 11) is 0. The minimum atomic E-state index is -0.478. The minimum Gasteiger partial charge on any atom is -0.350 e. The Morgan fingerprint density at radius 3 is 2.52 bits per heavy atom. The van der Waals surface area contributed by atoms with E-state index in [9.17, 15) is 14.9 Å². The van der Waals surface area contributed by atoms with Crippen molar-refractivity contribution in [1.29, 1.82) is 0 Å². The molecule has 0 atom stereocenters. The van der Waals surface area contributed by atoms with Gasteiger partial charge in [-0.3, -0.25) is 14.9 Å². The van der Waals surface area contributed by atoms with E-state index in [1.807, 2.05) is 18.2 Å². The van der Waals surface area contributed by atoms with Gasteiger partial charge in [0.25, 0.3) is 5.91 Å². The Labute approximate surface area is 125 Å². The Morgan fingerprint density at radius 2 is 1.95 bits per heavy atom. The van der Waals surface area contributed by atoms with Crippen LogP contribution < -0.4 is 5.32 Å². The van der Waals surface area contributed by atoms with Crippen LogP contribution in [0.15, 0.2) is 42.5 Å². The summed E-state index contributed by atoms with van der Waals surface area (Å²) in [6, 6.07) is 13.0. The monoisotopic (exact) mass is 302 g/mol. The van der Waals surface area contributed by atoms with Crippen LogP contribution in [-0.2, 0) is 5.41 Å². The van der Waals surface area contributed by atoms with Crippen LogP contribution in [0.25, 0.3) is 0 Å². The zero-order valence-electron chi connectivity index (χ0n) is 11.2. The maximum atomic E-state index is 12.1. The van der Waals surface area contributed by atoms with Crippen molar-refractivity contribution >= 4 is 22.2 Å². The topological polar surface area (TPSA) is 72.2 Å². The summed E-state index contributed by atoms with van der Waals surface area (Å²) in [5.41, 5.74) is 1.28. The molecule has 0 bridgehead atoms. The highest BCUT2D eigenvalue weighted by atomic mass is 32.1. The Morgan fingerprint density at radius 1 is 1.24 bits per heavy atom. The highest BCUT2D eigenvalue weighted by molar-refractivity contribution is 7.17. The fraction of sp³-hybridized carbons (Fsp3) is 0.267.